The van der Waals surface area contributed by atoms with Gasteiger partial charge in [-0.25, -0.2) is 0 Å². The number of hydrogen-bond acceptors (Lipinski definition) is 1. The standard InChI is InChI=1S/C13H23BrNP/c1-6-16(7-2)12-9-8-11(13(12)14)10(3)15(4)5/h8-10,12H,6-7H2,1-5H3. The van der Waals surface area contributed by atoms with Crippen LogP contribution in [-0.4, -0.2) is 43.0 Å². The third-order valence-electron chi connectivity index (χ3n) is 3.42. The van der Waals surface area contributed by atoms with E-state index in [-0.39, 0.29) is 7.92 Å². The van der Waals surface area contributed by atoms with Crippen molar-refractivity contribution in [3.63, 3.8) is 0 Å². The monoisotopic (exact) mass is 303 g/mol. The van der Waals surface area contributed by atoms with Crippen LogP contribution in [0.25, 0.3) is 0 Å². The summed E-state index contributed by atoms with van der Waals surface area (Å²) in [6.07, 6.45) is 7.36. The van der Waals surface area contributed by atoms with E-state index in [1.165, 1.54) is 22.4 Å². The Hall–Kier alpha value is 0.350. The van der Waals surface area contributed by atoms with Gasteiger partial charge in [0.25, 0.3) is 0 Å². The van der Waals surface area contributed by atoms with Crippen molar-refractivity contribution in [2.45, 2.75) is 32.5 Å². The summed E-state index contributed by atoms with van der Waals surface area (Å²) in [5, 5.41) is 0. The van der Waals surface area contributed by atoms with Gasteiger partial charge in [0.1, 0.15) is 0 Å². The average molecular weight is 304 g/mol. The molecule has 2 unspecified atom stereocenters. The lowest BCUT2D eigenvalue weighted by molar-refractivity contribution is 0.355. The van der Waals surface area contributed by atoms with Crippen LogP contribution >= 0.6 is 23.9 Å². The number of nitrogens with zero attached hydrogens (tertiary/aromatic N) is 1. The van der Waals surface area contributed by atoms with Crippen molar-refractivity contribution in [1.29, 1.82) is 0 Å². The Labute approximate surface area is 110 Å². The maximum Gasteiger partial charge on any atom is 0.0321 e. The van der Waals surface area contributed by atoms with Crippen molar-refractivity contribution in [1.82, 2.24) is 4.90 Å². The van der Waals surface area contributed by atoms with Gasteiger partial charge in [-0.1, -0.05) is 49.9 Å². The molecule has 1 nitrogen and oxygen atoms in total. The molecule has 0 fully saturated rings. The van der Waals surface area contributed by atoms with E-state index in [1.807, 2.05) is 0 Å². The van der Waals surface area contributed by atoms with Gasteiger partial charge in [0.15, 0.2) is 0 Å². The lowest BCUT2D eigenvalue weighted by Gasteiger charge is -2.24. The van der Waals surface area contributed by atoms with Crippen molar-refractivity contribution in [3.8, 4) is 0 Å². The summed E-state index contributed by atoms with van der Waals surface area (Å²) in [5.41, 5.74) is 2.13. The third kappa shape index (κ3) is 2.97. The van der Waals surface area contributed by atoms with Gasteiger partial charge >= 0.3 is 0 Å². The molecule has 0 aromatic rings. The first kappa shape index (κ1) is 14.4. The van der Waals surface area contributed by atoms with Gasteiger partial charge in [-0.2, -0.15) is 0 Å². The first-order valence-electron chi connectivity index (χ1n) is 6.01. The van der Waals surface area contributed by atoms with E-state index < -0.39 is 0 Å². The fraction of sp³-hybridized carbons (Fsp3) is 0.692. The quantitative estimate of drug-likeness (QED) is 0.693. The molecule has 3 heteroatoms. The highest BCUT2D eigenvalue weighted by atomic mass is 79.9. The SMILES string of the molecule is CCP(CC)C1C=CC(C(C)N(C)C)=C1Br. The van der Waals surface area contributed by atoms with E-state index in [0.29, 0.717) is 11.7 Å². The molecule has 1 aliphatic carbocycles. The predicted octanol–water partition coefficient (Wildman–Crippen LogP) is 4.05. The zero-order valence-electron chi connectivity index (χ0n) is 11.0. The van der Waals surface area contributed by atoms with Gasteiger partial charge in [-0.3, -0.25) is 0 Å². The van der Waals surface area contributed by atoms with Crippen LogP contribution in [-0.2, 0) is 0 Å². The second-order valence-electron chi connectivity index (χ2n) is 4.47. The van der Waals surface area contributed by atoms with E-state index in [2.05, 4.69) is 67.8 Å². The second-order valence-corrected chi connectivity index (χ2v) is 8.32. The van der Waals surface area contributed by atoms with Crippen molar-refractivity contribution in [2.75, 3.05) is 26.4 Å². The Balaban J connectivity index is 2.86. The number of likely N-dealkylation sites (N-methyl/N-ethyl adjacent to an activating group) is 1. The molecule has 0 bridgehead atoms. The Morgan fingerprint density at radius 1 is 1.38 bits per heavy atom. The summed E-state index contributed by atoms with van der Waals surface area (Å²) in [4.78, 5) is 2.27. The van der Waals surface area contributed by atoms with Crippen LogP contribution in [0.4, 0.5) is 0 Å². The summed E-state index contributed by atoms with van der Waals surface area (Å²) in [6, 6.07) is 0.501. The Bertz CT molecular complexity index is 292. The highest BCUT2D eigenvalue weighted by Crippen LogP contribution is 2.50. The summed E-state index contributed by atoms with van der Waals surface area (Å²) < 4.78 is 1.43. The average Bonchev–Trinajstić information content (AvgIpc) is 2.62. The highest BCUT2D eigenvalue weighted by Gasteiger charge is 2.27. The molecule has 0 aliphatic heterocycles. The van der Waals surface area contributed by atoms with Crippen LogP contribution in [0.1, 0.15) is 20.8 Å². The van der Waals surface area contributed by atoms with E-state index in [1.54, 1.807) is 0 Å². The summed E-state index contributed by atoms with van der Waals surface area (Å²) >= 11 is 3.83. The molecule has 1 rings (SSSR count). The van der Waals surface area contributed by atoms with E-state index in [9.17, 15) is 0 Å². The zero-order chi connectivity index (χ0) is 12.3. The smallest absolute Gasteiger partial charge is 0.0321 e. The fourth-order valence-corrected chi connectivity index (χ4v) is 5.56. The first-order chi connectivity index (χ1) is 7.52. The Morgan fingerprint density at radius 3 is 2.38 bits per heavy atom. The van der Waals surface area contributed by atoms with Gasteiger partial charge in [0.2, 0.25) is 0 Å². The molecule has 0 N–H and O–H groups in total. The molecule has 0 amide bonds. The molecule has 92 valence electrons. The number of allylic oxidation sites excluding steroid dienone is 2. The maximum atomic E-state index is 3.83. The Kier molecular flexibility index (Phi) is 5.70. The van der Waals surface area contributed by atoms with Crippen LogP contribution in [0.2, 0.25) is 0 Å². The van der Waals surface area contributed by atoms with E-state index >= 15 is 0 Å². The van der Waals surface area contributed by atoms with Crippen LogP contribution < -0.4 is 0 Å². The lowest BCUT2D eigenvalue weighted by Crippen LogP contribution is -2.26. The molecule has 0 aromatic heterocycles. The molecule has 0 heterocycles. The van der Waals surface area contributed by atoms with Crippen LogP contribution in [0.3, 0.4) is 0 Å². The minimum Gasteiger partial charge on any atom is -0.303 e. The van der Waals surface area contributed by atoms with Crippen LogP contribution in [0.15, 0.2) is 22.2 Å². The third-order valence-corrected chi connectivity index (χ3v) is 7.57. The maximum absolute atomic E-state index is 3.83. The highest BCUT2D eigenvalue weighted by molar-refractivity contribution is 9.11. The number of hydrogen-bond donors (Lipinski definition) is 0. The zero-order valence-corrected chi connectivity index (χ0v) is 13.5. The molecule has 2 atom stereocenters. The Morgan fingerprint density at radius 2 is 1.94 bits per heavy atom. The minimum atomic E-state index is 0.123. The van der Waals surface area contributed by atoms with Gasteiger partial charge in [0, 0.05) is 16.2 Å². The summed E-state index contributed by atoms with van der Waals surface area (Å²) in [7, 11) is 4.40. The van der Waals surface area contributed by atoms with Crippen LogP contribution in [0, 0.1) is 0 Å². The van der Waals surface area contributed by atoms with Crippen molar-refractivity contribution in [2.24, 2.45) is 0 Å². The van der Waals surface area contributed by atoms with Gasteiger partial charge in [-0.15, -0.1) is 0 Å². The molecule has 1 aliphatic rings. The first-order valence-corrected chi connectivity index (χ1v) is 8.58. The molecular formula is C13H23BrNP. The molecule has 16 heavy (non-hydrogen) atoms. The summed E-state index contributed by atoms with van der Waals surface area (Å²) in [5.74, 6) is 0. The number of rotatable bonds is 5. The fourth-order valence-electron chi connectivity index (χ4n) is 2.05. The van der Waals surface area contributed by atoms with Crippen molar-refractivity contribution >= 4 is 23.9 Å². The molecule has 0 radical (unpaired) electrons. The molecular weight excluding hydrogens is 281 g/mol. The van der Waals surface area contributed by atoms with Crippen molar-refractivity contribution < 1.29 is 0 Å². The predicted molar refractivity (Wildman–Crippen MR) is 80.0 cm³/mol. The molecule has 0 spiro atoms. The molecule has 0 saturated carbocycles. The lowest BCUT2D eigenvalue weighted by atomic mass is 10.1. The molecule has 0 saturated heterocycles. The van der Waals surface area contributed by atoms with Gasteiger partial charge in [-0.05, 0) is 38.9 Å². The topological polar surface area (TPSA) is 3.24 Å². The largest absolute Gasteiger partial charge is 0.303 e. The van der Waals surface area contributed by atoms with Crippen LogP contribution in [0.5, 0.6) is 0 Å². The number of halogens is 1. The molecule has 0 aromatic carbocycles. The second kappa shape index (κ2) is 6.33. The normalized spacial score (nSPS) is 22.6. The summed E-state index contributed by atoms with van der Waals surface area (Å²) in [6.45, 7) is 6.90. The van der Waals surface area contributed by atoms with Gasteiger partial charge in [0.05, 0.1) is 0 Å². The van der Waals surface area contributed by atoms with Gasteiger partial charge < -0.3 is 4.90 Å². The van der Waals surface area contributed by atoms with E-state index in [4.69, 9.17) is 0 Å². The minimum absolute atomic E-state index is 0.123. The van der Waals surface area contributed by atoms with E-state index in [0.717, 1.165) is 0 Å². The van der Waals surface area contributed by atoms with Crippen molar-refractivity contribution in [3.05, 3.63) is 22.2 Å².